The van der Waals surface area contributed by atoms with Crippen molar-refractivity contribution in [3.8, 4) is 17.2 Å². The van der Waals surface area contributed by atoms with Crippen molar-refractivity contribution in [2.45, 2.75) is 51.2 Å². The van der Waals surface area contributed by atoms with E-state index in [1.807, 2.05) is 18.2 Å². The molecule has 0 bridgehead atoms. The molecule has 0 spiro atoms. The van der Waals surface area contributed by atoms with E-state index in [1.54, 1.807) is 45.4 Å². The molecule has 166 valence electrons. The van der Waals surface area contributed by atoms with Gasteiger partial charge in [-0.25, -0.2) is 0 Å². The summed E-state index contributed by atoms with van der Waals surface area (Å²) < 4.78 is 16.9. The summed E-state index contributed by atoms with van der Waals surface area (Å²) in [5, 5.41) is 5.89. The van der Waals surface area contributed by atoms with E-state index in [-0.39, 0.29) is 24.0 Å². The van der Waals surface area contributed by atoms with Crippen LogP contribution in [0.3, 0.4) is 0 Å². The SMILES string of the molecule is CCC(=O)Nc1cccc(C(=O)NC2CCC(Oc3cccc(OC)c3OC)CC2)c1. The molecule has 7 nitrogen and oxygen atoms in total. The summed E-state index contributed by atoms with van der Waals surface area (Å²) >= 11 is 0. The number of methoxy groups -OCH3 is 2. The summed E-state index contributed by atoms with van der Waals surface area (Å²) in [4.78, 5) is 24.2. The maximum atomic E-state index is 12.7. The Morgan fingerprint density at radius 3 is 2.35 bits per heavy atom. The third-order valence-corrected chi connectivity index (χ3v) is 5.40. The van der Waals surface area contributed by atoms with Crippen molar-refractivity contribution in [3.05, 3.63) is 48.0 Å². The predicted molar refractivity (Wildman–Crippen MR) is 119 cm³/mol. The maximum Gasteiger partial charge on any atom is 0.251 e. The standard InChI is InChI=1S/C24H30N2O5/c1-4-22(27)25-18-8-5-7-16(15-18)24(28)26-17-11-13-19(14-12-17)31-21-10-6-9-20(29-2)23(21)30-3/h5-10,15,17,19H,4,11-14H2,1-3H3,(H,25,27)(H,26,28). The fourth-order valence-electron chi connectivity index (χ4n) is 3.71. The minimum absolute atomic E-state index is 0.0572. The smallest absolute Gasteiger partial charge is 0.251 e. The van der Waals surface area contributed by atoms with E-state index >= 15 is 0 Å². The fourth-order valence-corrected chi connectivity index (χ4v) is 3.71. The summed E-state index contributed by atoms with van der Waals surface area (Å²) in [6, 6.07) is 12.7. The highest BCUT2D eigenvalue weighted by Gasteiger charge is 2.25. The average Bonchev–Trinajstić information content (AvgIpc) is 2.80. The molecular formula is C24H30N2O5. The average molecular weight is 427 g/mol. The molecule has 31 heavy (non-hydrogen) atoms. The van der Waals surface area contributed by atoms with Crippen LogP contribution in [-0.2, 0) is 4.79 Å². The van der Waals surface area contributed by atoms with Gasteiger partial charge in [0.2, 0.25) is 11.7 Å². The zero-order chi connectivity index (χ0) is 22.2. The van der Waals surface area contributed by atoms with Crippen LogP contribution in [0.15, 0.2) is 42.5 Å². The molecule has 2 aromatic carbocycles. The van der Waals surface area contributed by atoms with Gasteiger partial charge in [0.15, 0.2) is 11.5 Å². The van der Waals surface area contributed by atoms with E-state index in [2.05, 4.69) is 10.6 Å². The molecular weight excluding hydrogens is 396 g/mol. The Hall–Kier alpha value is -3.22. The lowest BCUT2D eigenvalue weighted by Gasteiger charge is -2.30. The van der Waals surface area contributed by atoms with Crippen molar-refractivity contribution >= 4 is 17.5 Å². The molecule has 0 saturated heterocycles. The molecule has 1 fully saturated rings. The van der Waals surface area contributed by atoms with E-state index in [4.69, 9.17) is 14.2 Å². The van der Waals surface area contributed by atoms with Crippen molar-refractivity contribution in [2.75, 3.05) is 19.5 Å². The summed E-state index contributed by atoms with van der Waals surface area (Å²) in [6.45, 7) is 1.79. The minimum Gasteiger partial charge on any atom is -0.493 e. The lowest BCUT2D eigenvalue weighted by Crippen LogP contribution is -2.39. The molecule has 0 aliphatic heterocycles. The number of para-hydroxylation sites is 1. The first-order valence-electron chi connectivity index (χ1n) is 10.6. The van der Waals surface area contributed by atoms with Crippen molar-refractivity contribution in [1.82, 2.24) is 5.32 Å². The molecule has 2 aromatic rings. The highest BCUT2D eigenvalue weighted by Crippen LogP contribution is 2.38. The van der Waals surface area contributed by atoms with Gasteiger partial charge < -0.3 is 24.8 Å². The molecule has 7 heteroatoms. The van der Waals surface area contributed by atoms with Gasteiger partial charge in [0.1, 0.15) is 0 Å². The Morgan fingerprint density at radius 1 is 0.968 bits per heavy atom. The normalized spacial score (nSPS) is 18.0. The zero-order valence-corrected chi connectivity index (χ0v) is 18.3. The van der Waals surface area contributed by atoms with Gasteiger partial charge in [0.25, 0.3) is 5.91 Å². The number of anilines is 1. The highest BCUT2D eigenvalue weighted by atomic mass is 16.5. The molecule has 3 rings (SSSR count). The number of rotatable bonds is 8. The van der Waals surface area contributed by atoms with Crippen LogP contribution in [0.1, 0.15) is 49.4 Å². The van der Waals surface area contributed by atoms with Crippen LogP contribution in [0, 0.1) is 0 Å². The summed E-state index contributed by atoms with van der Waals surface area (Å²) in [6.07, 6.45) is 3.77. The van der Waals surface area contributed by atoms with Crippen LogP contribution < -0.4 is 24.8 Å². The molecule has 1 aliphatic rings. The number of carbonyl (C=O) groups excluding carboxylic acids is 2. The second-order valence-corrected chi connectivity index (χ2v) is 7.54. The van der Waals surface area contributed by atoms with E-state index in [0.717, 1.165) is 25.7 Å². The molecule has 1 aliphatic carbocycles. The van der Waals surface area contributed by atoms with Gasteiger partial charge in [0.05, 0.1) is 20.3 Å². The fraction of sp³-hybridized carbons (Fsp3) is 0.417. The van der Waals surface area contributed by atoms with Crippen molar-refractivity contribution < 1.29 is 23.8 Å². The highest BCUT2D eigenvalue weighted by molar-refractivity contribution is 5.97. The molecule has 1 saturated carbocycles. The van der Waals surface area contributed by atoms with Crippen LogP contribution in [0.5, 0.6) is 17.2 Å². The number of nitrogens with one attached hydrogen (secondary N) is 2. The number of carbonyl (C=O) groups is 2. The molecule has 0 radical (unpaired) electrons. The lowest BCUT2D eigenvalue weighted by atomic mass is 9.92. The number of hydrogen-bond donors (Lipinski definition) is 2. The predicted octanol–water partition coefficient (Wildman–Crippen LogP) is 4.17. The van der Waals surface area contributed by atoms with Crippen LogP contribution in [0.25, 0.3) is 0 Å². The molecule has 0 atom stereocenters. The maximum absolute atomic E-state index is 12.7. The Kier molecular flexibility index (Phi) is 7.76. The van der Waals surface area contributed by atoms with Gasteiger partial charge in [-0.1, -0.05) is 19.1 Å². The number of benzene rings is 2. The topological polar surface area (TPSA) is 85.9 Å². The first-order valence-corrected chi connectivity index (χ1v) is 10.6. The number of ether oxygens (including phenoxy) is 3. The van der Waals surface area contributed by atoms with E-state index in [0.29, 0.717) is 34.9 Å². The third kappa shape index (κ3) is 5.90. The zero-order valence-electron chi connectivity index (χ0n) is 18.3. The quantitative estimate of drug-likeness (QED) is 0.662. The lowest BCUT2D eigenvalue weighted by molar-refractivity contribution is -0.115. The molecule has 0 heterocycles. The first kappa shape index (κ1) is 22.5. The van der Waals surface area contributed by atoms with Gasteiger partial charge in [-0.15, -0.1) is 0 Å². The van der Waals surface area contributed by atoms with Gasteiger partial charge in [-0.05, 0) is 56.0 Å². The number of amides is 2. The van der Waals surface area contributed by atoms with Gasteiger partial charge in [-0.3, -0.25) is 9.59 Å². The Morgan fingerprint density at radius 2 is 1.68 bits per heavy atom. The second kappa shape index (κ2) is 10.7. The Labute approximate surface area is 183 Å². The summed E-state index contributed by atoms with van der Waals surface area (Å²) in [7, 11) is 3.20. The van der Waals surface area contributed by atoms with Crippen LogP contribution in [-0.4, -0.2) is 38.2 Å². The van der Waals surface area contributed by atoms with Gasteiger partial charge in [0, 0.05) is 23.7 Å². The van der Waals surface area contributed by atoms with Crippen molar-refractivity contribution in [1.29, 1.82) is 0 Å². The monoisotopic (exact) mass is 426 g/mol. The van der Waals surface area contributed by atoms with Crippen LogP contribution in [0.4, 0.5) is 5.69 Å². The molecule has 0 unspecified atom stereocenters. The van der Waals surface area contributed by atoms with Crippen LogP contribution in [0.2, 0.25) is 0 Å². The Balaban J connectivity index is 1.53. The second-order valence-electron chi connectivity index (χ2n) is 7.54. The van der Waals surface area contributed by atoms with Crippen molar-refractivity contribution in [3.63, 3.8) is 0 Å². The summed E-state index contributed by atoms with van der Waals surface area (Å²) in [5.41, 5.74) is 1.16. The first-order chi connectivity index (χ1) is 15.0. The van der Waals surface area contributed by atoms with Crippen LogP contribution >= 0.6 is 0 Å². The molecule has 2 N–H and O–H groups in total. The van der Waals surface area contributed by atoms with E-state index < -0.39 is 0 Å². The molecule has 0 aromatic heterocycles. The number of hydrogen-bond acceptors (Lipinski definition) is 5. The molecule has 2 amide bonds. The minimum atomic E-state index is -0.133. The largest absolute Gasteiger partial charge is 0.493 e. The van der Waals surface area contributed by atoms with Gasteiger partial charge >= 0.3 is 0 Å². The van der Waals surface area contributed by atoms with E-state index in [9.17, 15) is 9.59 Å². The summed E-state index contributed by atoms with van der Waals surface area (Å²) in [5.74, 6) is 1.68. The Bertz CT molecular complexity index is 907. The van der Waals surface area contributed by atoms with E-state index in [1.165, 1.54) is 0 Å². The third-order valence-electron chi connectivity index (χ3n) is 5.40. The van der Waals surface area contributed by atoms with Gasteiger partial charge in [-0.2, -0.15) is 0 Å². The van der Waals surface area contributed by atoms with Crippen molar-refractivity contribution in [2.24, 2.45) is 0 Å².